The molecular formula is C18H16ClN7S. The Labute approximate surface area is 164 Å². The summed E-state index contributed by atoms with van der Waals surface area (Å²) in [7, 11) is 0. The summed E-state index contributed by atoms with van der Waals surface area (Å²) in [5.74, 6) is 2.67. The molecule has 4 aromatic heterocycles. The van der Waals surface area contributed by atoms with Gasteiger partial charge in [-0.15, -0.1) is 15.3 Å². The number of fused-ring (bicyclic) bond motifs is 1. The molecule has 1 fully saturated rings. The summed E-state index contributed by atoms with van der Waals surface area (Å²) in [5.41, 5.74) is 1.79. The van der Waals surface area contributed by atoms with E-state index in [1.54, 1.807) is 17.5 Å². The Balaban J connectivity index is 1.37. The number of rotatable bonds is 3. The Kier molecular flexibility index (Phi) is 4.14. The molecule has 0 saturated carbocycles. The highest BCUT2D eigenvalue weighted by molar-refractivity contribution is 7.08. The normalized spacial score (nSPS) is 14.9. The zero-order valence-corrected chi connectivity index (χ0v) is 15.9. The van der Waals surface area contributed by atoms with Crippen LogP contribution in [0.1, 0.15) is 0 Å². The zero-order chi connectivity index (χ0) is 18.2. The molecule has 0 spiro atoms. The topological polar surface area (TPSA) is 62.5 Å². The summed E-state index contributed by atoms with van der Waals surface area (Å²) in [6.45, 7) is 3.51. The van der Waals surface area contributed by atoms with Crippen molar-refractivity contribution < 1.29 is 0 Å². The number of aromatic nitrogens is 5. The van der Waals surface area contributed by atoms with Gasteiger partial charge in [0.2, 0.25) is 0 Å². The van der Waals surface area contributed by atoms with Gasteiger partial charge in [-0.3, -0.25) is 0 Å². The van der Waals surface area contributed by atoms with Crippen molar-refractivity contribution in [2.75, 3.05) is 36.0 Å². The largest absolute Gasteiger partial charge is 0.353 e. The lowest BCUT2D eigenvalue weighted by Gasteiger charge is -2.35. The van der Waals surface area contributed by atoms with Crippen LogP contribution in [0.15, 0.2) is 47.3 Å². The fraction of sp³-hybridized carbons (Fsp3) is 0.222. The summed E-state index contributed by atoms with van der Waals surface area (Å²) >= 11 is 7.57. The van der Waals surface area contributed by atoms with Crippen LogP contribution in [-0.4, -0.2) is 51.0 Å². The van der Waals surface area contributed by atoms with Crippen LogP contribution in [0.4, 0.5) is 11.6 Å². The van der Waals surface area contributed by atoms with Crippen LogP contribution in [-0.2, 0) is 0 Å². The van der Waals surface area contributed by atoms with Crippen molar-refractivity contribution >= 4 is 40.2 Å². The lowest BCUT2D eigenvalue weighted by atomic mass is 10.3. The molecular weight excluding hydrogens is 382 g/mol. The molecule has 0 radical (unpaired) electrons. The van der Waals surface area contributed by atoms with Gasteiger partial charge in [-0.05, 0) is 35.7 Å². The molecule has 1 aliphatic rings. The molecule has 5 rings (SSSR count). The molecule has 0 bridgehead atoms. The Hall–Kier alpha value is -2.71. The van der Waals surface area contributed by atoms with Crippen LogP contribution < -0.4 is 9.80 Å². The Morgan fingerprint density at radius 2 is 1.67 bits per heavy atom. The molecule has 1 saturated heterocycles. The Morgan fingerprint density at radius 1 is 0.889 bits per heavy atom. The molecule has 9 heteroatoms. The average Bonchev–Trinajstić information content (AvgIpc) is 3.38. The summed E-state index contributed by atoms with van der Waals surface area (Å²) < 4.78 is 1.82. The number of pyridine rings is 1. The van der Waals surface area contributed by atoms with Gasteiger partial charge in [-0.25, -0.2) is 4.98 Å². The van der Waals surface area contributed by atoms with E-state index in [-0.39, 0.29) is 0 Å². The standard InChI is InChI=1S/C18H16ClN7S/c19-14-1-2-15(20-11-14)24-6-8-25(9-7-24)17-4-3-16-21-22-18(26(16)23-17)13-5-10-27-12-13/h1-5,10-12H,6-9H2. The van der Waals surface area contributed by atoms with Gasteiger partial charge in [-0.2, -0.15) is 15.9 Å². The highest BCUT2D eigenvalue weighted by atomic mass is 35.5. The van der Waals surface area contributed by atoms with Crippen molar-refractivity contribution in [1.82, 2.24) is 24.8 Å². The molecule has 0 N–H and O–H groups in total. The first-order valence-corrected chi connectivity index (χ1v) is 9.96. The maximum absolute atomic E-state index is 5.93. The number of halogens is 1. The van der Waals surface area contributed by atoms with Crippen molar-refractivity contribution in [3.05, 3.63) is 52.3 Å². The van der Waals surface area contributed by atoms with Gasteiger partial charge in [0.1, 0.15) is 11.6 Å². The molecule has 0 atom stereocenters. The van der Waals surface area contributed by atoms with E-state index in [9.17, 15) is 0 Å². The zero-order valence-electron chi connectivity index (χ0n) is 14.4. The van der Waals surface area contributed by atoms with Gasteiger partial charge in [0, 0.05) is 43.3 Å². The molecule has 136 valence electrons. The minimum atomic E-state index is 0.658. The first-order chi connectivity index (χ1) is 13.3. The number of hydrogen-bond donors (Lipinski definition) is 0. The number of nitrogens with zero attached hydrogens (tertiary/aromatic N) is 7. The van der Waals surface area contributed by atoms with E-state index in [1.165, 1.54) is 0 Å². The number of hydrogen-bond acceptors (Lipinski definition) is 7. The summed E-state index contributed by atoms with van der Waals surface area (Å²) in [4.78, 5) is 8.96. The minimum Gasteiger partial charge on any atom is -0.353 e. The quantitative estimate of drug-likeness (QED) is 0.529. The summed E-state index contributed by atoms with van der Waals surface area (Å²) in [5, 5.41) is 18.1. The lowest BCUT2D eigenvalue weighted by molar-refractivity contribution is 0.636. The van der Waals surface area contributed by atoms with Gasteiger partial charge < -0.3 is 9.80 Å². The molecule has 27 heavy (non-hydrogen) atoms. The molecule has 0 unspecified atom stereocenters. The van der Waals surface area contributed by atoms with E-state index in [2.05, 4.69) is 30.4 Å². The molecule has 0 amide bonds. The van der Waals surface area contributed by atoms with Crippen LogP contribution >= 0.6 is 22.9 Å². The minimum absolute atomic E-state index is 0.658. The monoisotopic (exact) mass is 397 g/mol. The first-order valence-electron chi connectivity index (χ1n) is 8.64. The van der Waals surface area contributed by atoms with Crippen LogP contribution in [0.25, 0.3) is 17.0 Å². The predicted octanol–water partition coefficient (Wildman–Crippen LogP) is 3.23. The van der Waals surface area contributed by atoms with Gasteiger partial charge in [-0.1, -0.05) is 11.6 Å². The molecule has 4 aromatic rings. The van der Waals surface area contributed by atoms with E-state index in [0.717, 1.165) is 54.8 Å². The SMILES string of the molecule is Clc1ccc(N2CCN(c3ccc4nnc(-c5ccsc5)n4n3)CC2)nc1. The lowest BCUT2D eigenvalue weighted by Crippen LogP contribution is -2.47. The van der Waals surface area contributed by atoms with Gasteiger partial charge >= 0.3 is 0 Å². The van der Waals surface area contributed by atoms with Crippen LogP contribution in [0, 0.1) is 0 Å². The van der Waals surface area contributed by atoms with E-state index < -0.39 is 0 Å². The van der Waals surface area contributed by atoms with Crippen molar-refractivity contribution in [2.45, 2.75) is 0 Å². The van der Waals surface area contributed by atoms with Gasteiger partial charge in [0.05, 0.1) is 5.02 Å². The van der Waals surface area contributed by atoms with Gasteiger partial charge in [0.25, 0.3) is 0 Å². The third kappa shape index (κ3) is 3.11. The summed E-state index contributed by atoms with van der Waals surface area (Å²) in [6.07, 6.45) is 1.69. The maximum atomic E-state index is 5.93. The summed E-state index contributed by atoms with van der Waals surface area (Å²) in [6, 6.07) is 9.86. The van der Waals surface area contributed by atoms with Gasteiger partial charge in [0.15, 0.2) is 11.5 Å². The highest BCUT2D eigenvalue weighted by Gasteiger charge is 2.20. The Morgan fingerprint density at radius 3 is 2.37 bits per heavy atom. The Bertz CT molecular complexity index is 1050. The maximum Gasteiger partial charge on any atom is 0.186 e. The van der Waals surface area contributed by atoms with Crippen molar-refractivity contribution in [1.29, 1.82) is 0 Å². The van der Waals surface area contributed by atoms with Crippen LogP contribution in [0.5, 0.6) is 0 Å². The smallest absolute Gasteiger partial charge is 0.186 e. The third-order valence-electron chi connectivity index (χ3n) is 4.67. The predicted molar refractivity (Wildman–Crippen MR) is 108 cm³/mol. The third-order valence-corrected chi connectivity index (χ3v) is 5.57. The highest BCUT2D eigenvalue weighted by Crippen LogP contribution is 2.23. The second-order valence-corrected chi connectivity index (χ2v) is 7.52. The molecule has 0 aromatic carbocycles. The molecule has 7 nitrogen and oxygen atoms in total. The number of thiophene rings is 1. The van der Waals surface area contributed by atoms with Crippen LogP contribution in [0.3, 0.4) is 0 Å². The van der Waals surface area contributed by atoms with E-state index in [1.807, 2.05) is 40.2 Å². The van der Waals surface area contributed by atoms with Crippen molar-refractivity contribution in [2.24, 2.45) is 0 Å². The fourth-order valence-electron chi connectivity index (χ4n) is 3.24. The molecule has 0 aliphatic carbocycles. The van der Waals surface area contributed by atoms with E-state index in [4.69, 9.17) is 16.7 Å². The second-order valence-electron chi connectivity index (χ2n) is 6.31. The van der Waals surface area contributed by atoms with E-state index in [0.29, 0.717) is 5.02 Å². The van der Waals surface area contributed by atoms with E-state index >= 15 is 0 Å². The molecule has 1 aliphatic heterocycles. The van der Waals surface area contributed by atoms with Crippen LogP contribution in [0.2, 0.25) is 5.02 Å². The van der Waals surface area contributed by atoms with Crippen molar-refractivity contribution in [3.8, 4) is 11.4 Å². The first kappa shape index (κ1) is 16.5. The van der Waals surface area contributed by atoms with Crippen molar-refractivity contribution in [3.63, 3.8) is 0 Å². The fourth-order valence-corrected chi connectivity index (χ4v) is 3.99. The number of anilines is 2. The average molecular weight is 398 g/mol. The molecule has 5 heterocycles. The second kappa shape index (κ2) is 6.79. The number of piperazine rings is 1.